The van der Waals surface area contributed by atoms with Gasteiger partial charge >= 0.3 is 12.1 Å². The average molecular weight is 289 g/mol. The van der Waals surface area contributed by atoms with Crippen LogP contribution in [0.15, 0.2) is 0 Å². The summed E-state index contributed by atoms with van der Waals surface area (Å²) in [6.07, 6.45) is -4.14. The van der Waals surface area contributed by atoms with E-state index in [1.54, 1.807) is 6.92 Å². The molecule has 20 heavy (non-hydrogen) atoms. The Balaban J connectivity index is 3.69. The Morgan fingerprint density at radius 1 is 1.35 bits per heavy atom. The minimum atomic E-state index is -4.57. The highest BCUT2D eigenvalue weighted by Gasteiger charge is 2.37. The number of pyridine rings is 1. The number of carbonyl (C=O) groups is 1. The zero-order valence-corrected chi connectivity index (χ0v) is 11.9. The molecular weight excluding hydrogens is 271 g/mol. The summed E-state index contributed by atoms with van der Waals surface area (Å²) in [7, 11) is 0. The van der Waals surface area contributed by atoms with E-state index >= 15 is 0 Å². The van der Waals surface area contributed by atoms with Crippen LogP contribution >= 0.6 is 0 Å². The number of carboxylic acid groups (broad SMARTS) is 1. The van der Waals surface area contributed by atoms with Crippen molar-refractivity contribution in [2.75, 3.05) is 0 Å². The van der Waals surface area contributed by atoms with Gasteiger partial charge in [-0.25, -0.2) is 9.78 Å². The van der Waals surface area contributed by atoms with E-state index in [9.17, 15) is 23.1 Å². The Bertz CT molecular complexity index is 522. The molecule has 0 amide bonds. The van der Waals surface area contributed by atoms with Crippen LogP contribution in [0.5, 0.6) is 0 Å². The second kappa shape index (κ2) is 5.81. The molecule has 1 rings (SSSR count). The van der Waals surface area contributed by atoms with E-state index in [0.29, 0.717) is 0 Å². The summed E-state index contributed by atoms with van der Waals surface area (Å²) in [5, 5.41) is 9.29. The lowest BCUT2D eigenvalue weighted by Gasteiger charge is -2.19. The Morgan fingerprint density at radius 2 is 1.90 bits per heavy atom. The van der Waals surface area contributed by atoms with Gasteiger partial charge in [-0.15, -0.1) is 0 Å². The SMILES string of the molecule is CCc1nc(C(F)(F)F)c(C)c(CC(C)C)c1C(=O)O. The van der Waals surface area contributed by atoms with E-state index in [2.05, 4.69) is 4.98 Å². The number of alkyl halides is 3. The number of aryl methyl sites for hydroxylation is 1. The number of hydrogen-bond donors (Lipinski definition) is 1. The lowest BCUT2D eigenvalue weighted by atomic mass is 9.91. The number of aromatic carboxylic acids is 1. The van der Waals surface area contributed by atoms with Crippen molar-refractivity contribution in [2.45, 2.75) is 46.7 Å². The van der Waals surface area contributed by atoms with Crippen molar-refractivity contribution in [3.05, 3.63) is 28.1 Å². The minimum absolute atomic E-state index is 0.00826. The van der Waals surface area contributed by atoms with Gasteiger partial charge in [0, 0.05) is 0 Å². The molecule has 0 aromatic carbocycles. The number of carboxylic acids is 1. The lowest BCUT2D eigenvalue weighted by Crippen LogP contribution is -2.20. The summed E-state index contributed by atoms with van der Waals surface area (Å²) < 4.78 is 39.0. The van der Waals surface area contributed by atoms with Crippen LogP contribution in [-0.2, 0) is 19.0 Å². The second-order valence-electron chi connectivity index (χ2n) is 5.14. The molecule has 6 heteroatoms. The molecule has 1 aromatic heterocycles. The van der Waals surface area contributed by atoms with Crippen molar-refractivity contribution in [2.24, 2.45) is 5.92 Å². The van der Waals surface area contributed by atoms with Gasteiger partial charge < -0.3 is 5.11 Å². The number of halogens is 3. The Morgan fingerprint density at radius 3 is 2.25 bits per heavy atom. The molecule has 0 spiro atoms. The molecule has 0 aliphatic heterocycles. The van der Waals surface area contributed by atoms with Crippen LogP contribution < -0.4 is 0 Å². The fourth-order valence-electron chi connectivity index (χ4n) is 2.23. The van der Waals surface area contributed by atoms with Crippen LogP contribution in [0.25, 0.3) is 0 Å². The van der Waals surface area contributed by atoms with Crippen molar-refractivity contribution in [1.29, 1.82) is 0 Å². The smallest absolute Gasteiger partial charge is 0.433 e. The fourth-order valence-corrected chi connectivity index (χ4v) is 2.23. The predicted molar refractivity (Wildman–Crippen MR) is 68.9 cm³/mol. The maximum Gasteiger partial charge on any atom is 0.433 e. The lowest BCUT2D eigenvalue weighted by molar-refractivity contribution is -0.141. The molecular formula is C14H18F3NO2. The van der Waals surface area contributed by atoms with E-state index in [1.165, 1.54) is 6.92 Å². The first-order valence-corrected chi connectivity index (χ1v) is 6.42. The summed E-state index contributed by atoms with van der Waals surface area (Å²) >= 11 is 0. The van der Waals surface area contributed by atoms with Gasteiger partial charge in [0.2, 0.25) is 0 Å². The van der Waals surface area contributed by atoms with Crippen LogP contribution in [0.1, 0.15) is 53.6 Å². The fraction of sp³-hybridized carbons (Fsp3) is 0.571. The highest BCUT2D eigenvalue weighted by atomic mass is 19.4. The molecule has 0 bridgehead atoms. The summed E-state index contributed by atoms with van der Waals surface area (Å²) in [6.45, 7) is 6.57. The normalized spacial score (nSPS) is 12.0. The quantitative estimate of drug-likeness (QED) is 0.915. The molecule has 1 N–H and O–H groups in total. The molecule has 112 valence electrons. The molecule has 0 saturated heterocycles. The van der Waals surface area contributed by atoms with Gasteiger partial charge in [-0.05, 0) is 36.8 Å². The highest BCUT2D eigenvalue weighted by Crippen LogP contribution is 2.34. The molecule has 1 aromatic rings. The van der Waals surface area contributed by atoms with E-state index in [1.807, 2.05) is 13.8 Å². The van der Waals surface area contributed by atoms with Crippen molar-refractivity contribution < 1.29 is 23.1 Å². The van der Waals surface area contributed by atoms with E-state index in [4.69, 9.17) is 0 Å². The number of rotatable bonds is 4. The first kappa shape index (κ1) is 16.5. The first-order chi connectivity index (χ1) is 9.09. The molecule has 0 unspecified atom stereocenters. The summed E-state index contributed by atoms with van der Waals surface area (Å²) in [5.41, 5.74) is -0.903. The Kier molecular flexibility index (Phi) is 4.78. The number of nitrogens with zero attached hydrogens (tertiary/aromatic N) is 1. The molecule has 0 fully saturated rings. The molecule has 0 aliphatic carbocycles. The zero-order valence-electron chi connectivity index (χ0n) is 11.9. The van der Waals surface area contributed by atoms with Gasteiger partial charge in [-0.3, -0.25) is 0 Å². The Hall–Kier alpha value is -1.59. The summed E-state index contributed by atoms with van der Waals surface area (Å²) in [6, 6.07) is 0. The van der Waals surface area contributed by atoms with Crippen molar-refractivity contribution in [3.63, 3.8) is 0 Å². The summed E-state index contributed by atoms with van der Waals surface area (Å²) in [5.74, 6) is -1.16. The van der Waals surface area contributed by atoms with Gasteiger partial charge in [0.25, 0.3) is 0 Å². The van der Waals surface area contributed by atoms with Crippen LogP contribution in [0, 0.1) is 12.8 Å². The predicted octanol–water partition coefficient (Wildman–Crippen LogP) is 3.87. The highest BCUT2D eigenvalue weighted by molar-refractivity contribution is 5.91. The molecule has 0 atom stereocenters. The maximum absolute atomic E-state index is 13.0. The van der Waals surface area contributed by atoms with Crippen LogP contribution in [0.4, 0.5) is 13.2 Å². The van der Waals surface area contributed by atoms with E-state index < -0.39 is 17.8 Å². The van der Waals surface area contributed by atoms with Crippen LogP contribution in [-0.4, -0.2) is 16.1 Å². The van der Waals surface area contributed by atoms with Crippen molar-refractivity contribution in [1.82, 2.24) is 4.98 Å². The molecule has 0 aliphatic rings. The first-order valence-electron chi connectivity index (χ1n) is 6.42. The largest absolute Gasteiger partial charge is 0.478 e. The monoisotopic (exact) mass is 289 g/mol. The average Bonchev–Trinajstić information content (AvgIpc) is 2.28. The van der Waals surface area contributed by atoms with Crippen molar-refractivity contribution >= 4 is 5.97 Å². The minimum Gasteiger partial charge on any atom is -0.478 e. The van der Waals surface area contributed by atoms with Gasteiger partial charge in [0.1, 0.15) is 5.69 Å². The van der Waals surface area contributed by atoms with Gasteiger partial charge in [0.05, 0.1) is 11.3 Å². The van der Waals surface area contributed by atoms with Crippen LogP contribution in [0.3, 0.4) is 0 Å². The standard InChI is InChI=1S/C14H18F3NO2/c1-5-10-11(13(19)20)9(6-7(2)3)8(4)12(18-10)14(15,16)17/h7H,5-6H2,1-4H3,(H,19,20). The summed E-state index contributed by atoms with van der Waals surface area (Å²) in [4.78, 5) is 14.9. The van der Waals surface area contributed by atoms with Gasteiger partial charge in [-0.2, -0.15) is 13.2 Å². The number of hydrogen-bond acceptors (Lipinski definition) is 2. The zero-order chi connectivity index (χ0) is 15.7. The van der Waals surface area contributed by atoms with E-state index in [-0.39, 0.29) is 41.1 Å². The third kappa shape index (κ3) is 3.29. The van der Waals surface area contributed by atoms with E-state index in [0.717, 1.165) is 0 Å². The molecule has 3 nitrogen and oxygen atoms in total. The molecule has 0 radical (unpaired) electrons. The number of aromatic nitrogens is 1. The third-order valence-corrected chi connectivity index (χ3v) is 3.07. The van der Waals surface area contributed by atoms with Gasteiger partial charge in [0.15, 0.2) is 0 Å². The van der Waals surface area contributed by atoms with Gasteiger partial charge in [-0.1, -0.05) is 20.8 Å². The second-order valence-corrected chi connectivity index (χ2v) is 5.14. The Labute approximate surface area is 115 Å². The molecule has 1 heterocycles. The van der Waals surface area contributed by atoms with Crippen molar-refractivity contribution in [3.8, 4) is 0 Å². The topological polar surface area (TPSA) is 50.2 Å². The maximum atomic E-state index is 13.0. The van der Waals surface area contributed by atoms with Crippen LogP contribution in [0.2, 0.25) is 0 Å². The third-order valence-electron chi connectivity index (χ3n) is 3.07. The molecule has 0 saturated carbocycles.